The molecule has 0 radical (unpaired) electrons. The number of amides is 1. The second-order valence-corrected chi connectivity index (χ2v) is 3.88. The van der Waals surface area contributed by atoms with Crippen LogP contribution in [0.5, 0.6) is 11.5 Å². The molecule has 1 N–H and O–H groups in total. The van der Waals surface area contributed by atoms with Crippen LogP contribution in [0.3, 0.4) is 0 Å². The van der Waals surface area contributed by atoms with Crippen molar-refractivity contribution in [2.24, 2.45) is 0 Å². The van der Waals surface area contributed by atoms with Crippen molar-refractivity contribution < 1.29 is 18.7 Å². The fourth-order valence-electron chi connectivity index (χ4n) is 1.47. The molecule has 6 heteroatoms. The van der Waals surface area contributed by atoms with Gasteiger partial charge in [0.1, 0.15) is 23.1 Å². The Morgan fingerprint density at radius 3 is 2.80 bits per heavy atom. The number of carbonyl (C=O) groups is 1. The van der Waals surface area contributed by atoms with E-state index in [4.69, 9.17) is 9.47 Å². The standard InChI is InChI=1S/C14H13FN2O3/c1-19-11-3-2-4-12(7-11)20-9-14(18)17-13-6-5-10(15)8-16-13/h2-8H,9H2,1H3,(H,16,17,18). The van der Waals surface area contributed by atoms with Gasteiger partial charge in [-0.05, 0) is 24.3 Å². The first-order valence-corrected chi connectivity index (χ1v) is 5.85. The number of nitrogens with one attached hydrogen (secondary N) is 1. The molecule has 104 valence electrons. The van der Waals surface area contributed by atoms with Gasteiger partial charge in [-0.25, -0.2) is 9.37 Å². The summed E-state index contributed by atoms with van der Waals surface area (Å²) in [5.41, 5.74) is 0. The highest BCUT2D eigenvalue weighted by Gasteiger charge is 2.05. The Bertz CT molecular complexity index is 587. The molecule has 1 aromatic carbocycles. The van der Waals surface area contributed by atoms with Crippen molar-refractivity contribution in [1.29, 1.82) is 0 Å². The Morgan fingerprint density at radius 2 is 2.10 bits per heavy atom. The minimum atomic E-state index is -0.462. The van der Waals surface area contributed by atoms with Gasteiger partial charge in [0.15, 0.2) is 6.61 Å². The lowest BCUT2D eigenvalue weighted by atomic mass is 10.3. The van der Waals surface area contributed by atoms with E-state index in [9.17, 15) is 9.18 Å². The van der Waals surface area contributed by atoms with Gasteiger partial charge in [-0.15, -0.1) is 0 Å². The van der Waals surface area contributed by atoms with E-state index in [2.05, 4.69) is 10.3 Å². The van der Waals surface area contributed by atoms with E-state index in [1.165, 1.54) is 12.1 Å². The zero-order valence-electron chi connectivity index (χ0n) is 10.8. The van der Waals surface area contributed by atoms with E-state index < -0.39 is 5.82 Å². The van der Waals surface area contributed by atoms with Crippen LogP contribution in [0.1, 0.15) is 0 Å². The van der Waals surface area contributed by atoms with Crippen molar-refractivity contribution in [2.45, 2.75) is 0 Å². The van der Waals surface area contributed by atoms with Gasteiger partial charge in [0.2, 0.25) is 0 Å². The van der Waals surface area contributed by atoms with Gasteiger partial charge in [-0.2, -0.15) is 0 Å². The number of benzene rings is 1. The molecular weight excluding hydrogens is 263 g/mol. The van der Waals surface area contributed by atoms with Gasteiger partial charge >= 0.3 is 0 Å². The SMILES string of the molecule is COc1cccc(OCC(=O)Nc2ccc(F)cn2)c1. The number of hydrogen-bond donors (Lipinski definition) is 1. The average molecular weight is 276 g/mol. The molecule has 0 unspecified atom stereocenters. The van der Waals surface area contributed by atoms with Gasteiger partial charge < -0.3 is 14.8 Å². The Morgan fingerprint density at radius 1 is 1.30 bits per heavy atom. The summed E-state index contributed by atoms with van der Waals surface area (Å²) in [6.45, 7) is -0.174. The summed E-state index contributed by atoms with van der Waals surface area (Å²) < 4.78 is 23.0. The molecule has 0 spiro atoms. The summed E-state index contributed by atoms with van der Waals surface area (Å²) in [6.07, 6.45) is 1.03. The Hall–Kier alpha value is -2.63. The van der Waals surface area contributed by atoms with Crippen molar-refractivity contribution in [3.63, 3.8) is 0 Å². The molecule has 0 atom stereocenters. The Kier molecular flexibility index (Phi) is 4.49. The topological polar surface area (TPSA) is 60.5 Å². The third kappa shape index (κ3) is 3.94. The second-order valence-electron chi connectivity index (χ2n) is 3.88. The number of hydrogen-bond acceptors (Lipinski definition) is 4. The fraction of sp³-hybridized carbons (Fsp3) is 0.143. The highest BCUT2D eigenvalue weighted by molar-refractivity contribution is 5.90. The summed E-state index contributed by atoms with van der Waals surface area (Å²) in [5, 5.41) is 2.50. The number of carbonyl (C=O) groups excluding carboxylic acids is 1. The zero-order chi connectivity index (χ0) is 14.4. The normalized spacial score (nSPS) is 9.90. The molecule has 1 aromatic heterocycles. The maximum Gasteiger partial charge on any atom is 0.263 e. The Balaban J connectivity index is 1.87. The third-order valence-corrected chi connectivity index (χ3v) is 2.41. The van der Waals surface area contributed by atoms with Gasteiger partial charge in [-0.1, -0.05) is 6.07 Å². The summed E-state index contributed by atoms with van der Waals surface area (Å²) >= 11 is 0. The van der Waals surface area contributed by atoms with E-state index >= 15 is 0 Å². The molecule has 5 nitrogen and oxygen atoms in total. The first-order chi connectivity index (χ1) is 9.67. The largest absolute Gasteiger partial charge is 0.497 e. The third-order valence-electron chi connectivity index (χ3n) is 2.41. The highest BCUT2D eigenvalue weighted by Crippen LogP contribution is 2.18. The van der Waals surface area contributed by atoms with Crippen LogP contribution in [0, 0.1) is 5.82 Å². The predicted molar refractivity (Wildman–Crippen MR) is 71.3 cm³/mol. The fourth-order valence-corrected chi connectivity index (χ4v) is 1.47. The Labute approximate surface area is 115 Å². The summed E-state index contributed by atoms with van der Waals surface area (Å²) in [6, 6.07) is 9.50. The summed E-state index contributed by atoms with van der Waals surface area (Å²) in [4.78, 5) is 15.3. The molecule has 0 saturated heterocycles. The maximum absolute atomic E-state index is 12.7. The molecule has 0 aliphatic carbocycles. The minimum Gasteiger partial charge on any atom is -0.497 e. The lowest BCUT2D eigenvalue weighted by Crippen LogP contribution is -2.20. The first-order valence-electron chi connectivity index (χ1n) is 5.85. The molecule has 20 heavy (non-hydrogen) atoms. The van der Waals surface area contributed by atoms with Crippen LogP contribution in [0.2, 0.25) is 0 Å². The second kappa shape index (κ2) is 6.51. The van der Waals surface area contributed by atoms with E-state index in [0.717, 1.165) is 6.20 Å². The number of methoxy groups -OCH3 is 1. The minimum absolute atomic E-state index is 0.174. The molecular formula is C14H13FN2O3. The smallest absolute Gasteiger partial charge is 0.263 e. The summed E-state index contributed by atoms with van der Waals surface area (Å²) in [7, 11) is 1.55. The number of aromatic nitrogens is 1. The molecule has 2 rings (SSSR count). The van der Waals surface area contributed by atoms with E-state index in [-0.39, 0.29) is 18.3 Å². The first kappa shape index (κ1) is 13.8. The van der Waals surface area contributed by atoms with Crippen LogP contribution in [-0.4, -0.2) is 24.6 Å². The lowest BCUT2D eigenvalue weighted by molar-refractivity contribution is -0.118. The number of ether oxygens (including phenoxy) is 2. The van der Waals surface area contributed by atoms with Gasteiger partial charge in [-0.3, -0.25) is 4.79 Å². The lowest BCUT2D eigenvalue weighted by Gasteiger charge is -2.08. The number of anilines is 1. The van der Waals surface area contributed by atoms with Gasteiger partial charge in [0.05, 0.1) is 13.3 Å². The van der Waals surface area contributed by atoms with Gasteiger partial charge in [0.25, 0.3) is 5.91 Å². The molecule has 2 aromatic rings. The van der Waals surface area contributed by atoms with E-state index in [0.29, 0.717) is 11.5 Å². The molecule has 0 aliphatic heterocycles. The van der Waals surface area contributed by atoms with Crippen molar-refractivity contribution in [2.75, 3.05) is 19.0 Å². The van der Waals surface area contributed by atoms with Crippen LogP contribution >= 0.6 is 0 Å². The monoisotopic (exact) mass is 276 g/mol. The van der Waals surface area contributed by atoms with Crippen LogP contribution in [0.25, 0.3) is 0 Å². The molecule has 0 aliphatic rings. The maximum atomic E-state index is 12.7. The molecule has 0 fully saturated rings. The zero-order valence-corrected chi connectivity index (χ0v) is 10.8. The van der Waals surface area contributed by atoms with E-state index in [1.54, 1.807) is 31.4 Å². The van der Waals surface area contributed by atoms with Crippen molar-refractivity contribution in [3.8, 4) is 11.5 Å². The van der Waals surface area contributed by atoms with Crippen LogP contribution < -0.4 is 14.8 Å². The van der Waals surface area contributed by atoms with Crippen LogP contribution in [-0.2, 0) is 4.79 Å². The summed E-state index contributed by atoms with van der Waals surface area (Å²) in [5.74, 6) is 0.586. The van der Waals surface area contributed by atoms with Crippen LogP contribution in [0.15, 0.2) is 42.6 Å². The molecule has 0 bridgehead atoms. The number of halogens is 1. The van der Waals surface area contributed by atoms with Crippen molar-refractivity contribution in [3.05, 3.63) is 48.4 Å². The van der Waals surface area contributed by atoms with Crippen molar-refractivity contribution >= 4 is 11.7 Å². The quantitative estimate of drug-likeness (QED) is 0.909. The number of nitrogens with zero attached hydrogens (tertiary/aromatic N) is 1. The molecule has 0 saturated carbocycles. The molecule has 1 heterocycles. The van der Waals surface area contributed by atoms with E-state index in [1.807, 2.05) is 0 Å². The predicted octanol–water partition coefficient (Wildman–Crippen LogP) is 2.25. The number of pyridine rings is 1. The number of rotatable bonds is 5. The van der Waals surface area contributed by atoms with Crippen molar-refractivity contribution in [1.82, 2.24) is 4.98 Å². The molecule has 1 amide bonds. The van der Waals surface area contributed by atoms with Gasteiger partial charge in [0, 0.05) is 6.07 Å². The highest BCUT2D eigenvalue weighted by atomic mass is 19.1. The van der Waals surface area contributed by atoms with Crippen LogP contribution in [0.4, 0.5) is 10.2 Å². The average Bonchev–Trinajstić information content (AvgIpc) is 2.48.